The molecule has 0 spiro atoms. The maximum atomic E-state index is 14.6. The quantitative estimate of drug-likeness (QED) is 0.194. The average molecular weight is 612 g/mol. The zero-order valence-corrected chi connectivity index (χ0v) is 24.8. The van der Waals surface area contributed by atoms with Gasteiger partial charge < -0.3 is 4.57 Å². The van der Waals surface area contributed by atoms with Crippen molar-refractivity contribution in [1.82, 2.24) is 19.5 Å². The fraction of sp³-hybridized carbons (Fsp3) is 0. The van der Waals surface area contributed by atoms with Gasteiger partial charge in [-0.2, -0.15) is 5.26 Å². The van der Waals surface area contributed by atoms with Gasteiger partial charge in [-0.15, -0.1) is 0 Å². The standard InChI is InChI=1S/C40H23F2N5/c41-29-20-28(21-30(42)22-29)32-17-16-31(47-36-14-8-7-13-33(36)34-19-25(24-43)15-18-37(34)47)23-35(32)40-45-38(26-9-3-1-4-10-26)44-39(46-40)27-11-5-2-6-12-27/h1-23H. The summed E-state index contributed by atoms with van der Waals surface area (Å²) >= 11 is 0. The number of aromatic nitrogens is 4. The number of hydrogen-bond acceptors (Lipinski definition) is 4. The lowest BCUT2D eigenvalue weighted by atomic mass is 9.97. The fourth-order valence-electron chi connectivity index (χ4n) is 6.07. The van der Waals surface area contributed by atoms with E-state index in [2.05, 4.69) is 10.6 Å². The molecule has 0 radical (unpaired) electrons. The van der Waals surface area contributed by atoms with Crippen LogP contribution in [0.4, 0.5) is 8.78 Å². The summed E-state index contributed by atoms with van der Waals surface area (Å²) in [6.07, 6.45) is 0. The Labute approximate surface area is 268 Å². The van der Waals surface area contributed by atoms with E-state index in [1.165, 1.54) is 12.1 Å². The number of fused-ring (bicyclic) bond motifs is 3. The van der Waals surface area contributed by atoms with Crippen molar-refractivity contribution >= 4 is 21.8 Å². The summed E-state index contributed by atoms with van der Waals surface area (Å²) in [6.45, 7) is 0. The van der Waals surface area contributed by atoms with Gasteiger partial charge in [-0.3, -0.25) is 0 Å². The molecule has 8 aromatic rings. The highest BCUT2D eigenvalue weighted by Crippen LogP contribution is 2.38. The minimum absolute atomic E-state index is 0.353. The van der Waals surface area contributed by atoms with Gasteiger partial charge in [0.2, 0.25) is 0 Å². The Morgan fingerprint density at radius 2 is 1.09 bits per heavy atom. The molecule has 0 unspecified atom stereocenters. The number of halogens is 2. The first-order valence-electron chi connectivity index (χ1n) is 15.0. The highest BCUT2D eigenvalue weighted by Gasteiger charge is 2.20. The topological polar surface area (TPSA) is 67.4 Å². The van der Waals surface area contributed by atoms with E-state index in [4.69, 9.17) is 15.0 Å². The van der Waals surface area contributed by atoms with E-state index in [0.717, 1.165) is 44.7 Å². The summed E-state index contributed by atoms with van der Waals surface area (Å²) in [6, 6.07) is 44.3. The summed E-state index contributed by atoms with van der Waals surface area (Å²) in [5.41, 5.74) is 6.30. The molecule has 47 heavy (non-hydrogen) atoms. The maximum absolute atomic E-state index is 14.6. The van der Waals surface area contributed by atoms with Crippen molar-refractivity contribution in [2.24, 2.45) is 0 Å². The SMILES string of the molecule is N#Cc1ccc2c(c1)c1ccccc1n2-c1ccc(-c2cc(F)cc(F)c2)c(-c2nc(-c3ccccc3)nc(-c3ccccc3)n2)c1. The highest BCUT2D eigenvalue weighted by atomic mass is 19.1. The second-order valence-corrected chi connectivity index (χ2v) is 11.1. The Morgan fingerprint density at radius 1 is 0.489 bits per heavy atom. The Bertz CT molecular complexity index is 2420. The second kappa shape index (κ2) is 11.4. The molecular weight excluding hydrogens is 588 g/mol. The van der Waals surface area contributed by atoms with Crippen LogP contribution in [0.25, 0.3) is 72.8 Å². The Morgan fingerprint density at radius 3 is 1.74 bits per heavy atom. The van der Waals surface area contributed by atoms with E-state index >= 15 is 0 Å². The number of hydrogen-bond donors (Lipinski definition) is 0. The van der Waals surface area contributed by atoms with Crippen molar-refractivity contribution < 1.29 is 8.78 Å². The summed E-state index contributed by atoms with van der Waals surface area (Å²) < 4.78 is 31.4. The Kier molecular flexibility index (Phi) is 6.81. The zero-order valence-electron chi connectivity index (χ0n) is 24.8. The molecule has 8 rings (SSSR count). The fourth-order valence-corrected chi connectivity index (χ4v) is 6.07. The van der Waals surface area contributed by atoms with Gasteiger partial charge in [-0.1, -0.05) is 84.9 Å². The Balaban J connectivity index is 1.44. The van der Waals surface area contributed by atoms with Gasteiger partial charge in [-0.25, -0.2) is 23.7 Å². The molecule has 0 bridgehead atoms. The number of para-hydroxylation sites is 1. The molecule has 0 saturated heterocycles. The van der Waals surface area contributed by atoms with Crippen molar-refractivity contribution in [1.29, 1.82) is 5.26 Å². The summed E-state index contributed by atoms with van der Waals surface area (Å²) in [5.74, 6) is -0.0753. The molecular formula is C40H23F2N5. The predicted molar refractivity (Wildman–Crippen MR) is 181 cm³/mol. The maximum Gasteiger partial charge on any atom is 0.164 e. The van der Waals surface area contributed by atoms with Crippen LogP contribution in [0.3, 0.4) is 0 Å². The number of rotatable bonds is 5. The molecule has 0 amide bonds. The minimum atomic E-state index is -0.684. The third-order valence-corrected chi connectivity index (χ3v) is 8.18. The minimum Gasteiger partial charge on any atom is -0.309 e. The van der Waals surface area contributed by atoms with Crippen molar-refractivity contribution in [2.75, 3.05) is 0 Å². The first-order chi connectivity index (χ1) is 23.1. The smallest absolute Gasteiger partial charge is 0.164 e. The van der Waals surface area contributed by atoms with Gasteiger partial charge in [0, 0.05) is 39.2 Å². The van der Waals surface area contributed by atoms with Crippen molar-refractivity contribution in [3.05, 3.63) is 157 Å². The first kappa shape index (κ1) is 28.0. The van der Waals surface area contributed by atoms with Crippen LogP contribution >= 0.6 is 0 Å². The van der Waals surface area contributed by atoms with Gasteiger partial charge in [0.05, 0.1) is 22.7 Å². The molecule has 2 aromatic heterocycles. The average Bonchev–Trinajstić information content (AvgIpc) is 3.45. The lowest BCUT2D eigenvalue weighted by Gasteiger charge is -2.15. The van der Waals surface area contributed by atoms with Gasteiger partial charge in [0.1, 0.15) is 11.6 Å². The number of benzene rings is 6. The van der Waals surface area contributed by atoms with E-state index in [9.17, 15) is 14.0 Å². The third kappa shape index (κ3) is 5.08. The van der Waals surface area contributed by atoms with Crippen LogP contribution in [-0.4, -0.2) is 19.5 Å². The summed E-state index contributed by atoms with van der Waals surface area (Å²) in [7, 11) is 0. The zero-order chi connectivity index (χ0) is 31.9. The van der Waals surface area contributed by atoms with E-state index in [1.807, 2.05) is 115 Å². The van der Waals surface area contributed by atoms with Gasteiger partial charge in [0.25, 0.3) is 0 Å². The molecule has 2 heterocycles. The normalized spacial score (nSPS) is 11.2. The second-order valence-electron chi connectivity index (χ2n) is 11.1. The lowest BCUT2D eigenvalue weighted by molar-refractivity contribution is 0.584. The lowest BCUT2D eigenvalue weighted by Crippen LogP contribution is -2.02. The summed E-state index contributed by atoms with van der Waals surface area (Å²) in [5, 5.41) is 11.5. The van der Waals surface area contributed by atoms with Crippen molar-refractivity contribution in [3.8, 4) is 57.0 Å². The molecule has 0 saturated carbocycles. The summed E-state index contributed by atoms with van der Waals surface area (Å²) in [4.78, 5) is 14.7. The van der Waals surface area contributed by atoms with Crippen LogP contribution in [0.15, 0.2) is 140 Å². The Hall–Kier alpha value is -6.52. The number of nitriles is 1. The van der Waals surface area contributed by atoms with Crippen molar-refractivity contribution in [3.63, 3.8) is 0 Å². The van der Waals surface area contributed by atoms with E-state index < -0.39 is 11.6 Å². The largest absolute Gasteiger partial charge is 0.309 e. The monoisotopic (exact) mass is 611 g/mol. The van der Waals surface area contributed by atoms with E-state index in [-0.39, 0.29) is 0 Å². The van der Waals surface area contributed by atoms with Gasteiger partial charge >= 0.3 is 0 Å². The molecule has 222 valence electrons. The molecule has 6 aromatic carbocycles. The van der Waals surface area contributed by atoms with Crippen LogP contribution in [0.2, 0.25) is 0 Å². The van der Waals surface area contributed by atoms with Gasteiger partial charge in [0.15, 0.2) is 17.5 Å². The molecule has 0 aliphatic carbocycles. The van der Waals surface area contributed by atoms with Crippen LogP contribution in [-0.2, 0) is 0 Å². The molecule has 0 atom stereocenters. The van der Waals surface area contributed by atoms with Crippen LogP contribution in [0, 0.1) is 23.0 Å². The molecule has 0 fully saturated rings. The highest BCUT2D eigenvalue weighted by molar-refractivity contribution is 6.09. The predicted octanol–water partition coefficient (Wildman–Crippen LogP) is 9.79. The van der Waals surface area contributed by atoms with Crippen LogP contribution < -0.4 is 0 Å². The molecule has 0 aliphatic heterocycles. The van der Waals surface area contributed by atoms with Crippen LogP contribution in [0.1, 0.15) is 5.56 Å². The number of nitrogens with zero attached hydrogens (tertiary/aromatic N) is 5. The van der Waals surface area contributed by atoms with E-state index in [0.29, 0.717) is 39.7 Å². The third-order valence-electron chi connectivity index (χ3n) is 8.18. The molecule has 0 aliphatic rings. The van der Waals surface area contributed by atoms with Crippen molar-refractivity contribution in [2.45, 2.75) is 0 Å². The van der Waals surface area contributed by atoms with E-state index in [1.54, 1.807) is 6.07 Å². The van der Waals surface area contributed by atoms with Gasteiger partial charge in [-0.05, 0) is 59.7 Å². The first-order valence-corrected chi connectivity index (χ1v) is 15.0. The van der Waals surface area contributed by atoms with Crippen LogP contribution in [0.5, 0.6) is 0 Å². The molecule has 7 heteroatoms. The molecule has 0 N–H and O–H groups in total. The molecule has 5 nitrogen and oxygen atoms in total.